The van der Waals surface area contributed by atoms with Gasteiger partial charge in [0.05, 0.1) is 12.6 Å². The Hall–Kier alpha value is -1.72. The van der Waals surface area contributed by atoms with Crippen LogP contribution in [0.4, 0.5) is 0 Å². The standard InChI is InChI=1S/C24H31NO3/c1-22(16-18-10-6-4-7-11-18)14-15-23(2)25(24(22,3)27)20(17-26)21(28-23)19-12-8-5-9-13-19/h4-13,20-21,26-27H,14-17H2,1-3H3/t20-,21-,22+,23+,24?/m0/s1. The molecule has 0 amide bonds. The number of benzene rings is 2. The Morgan fingerprint density at radius 2 is 1.57 bits per heavy atom. The Balaban J connectivity index is 1.71. The normalized spacial score (nSPS) is 38.3. The van der Waals surface area contributed by atoms with Crippen molar-refractivity contribution in [2.75, 3.05) is 6.61 Å². The van der Waals surface area contributed by atoms with E-state index in [-0.39, 0.29) is 24.2 Å². The van der Waals surface area contributed by atoms with E-state index in [4.69, 9.17) is 4.74 Å². The molecule has 5 atom stereocenters. The summed E-state index contributed by atoms with van der Waals surface area (Å²) in [5.74, 6) is 0. The highest BCUT2D eigenvalue weighted by Crippen LogP contribution is 2.57. The molecule has 2 heterocycles. The molecular weight excluding hydrogens is 350 g/mol. The van der Waals surface area contributed by atoms with Crippen LogP contribution in [0.25, 0.3) is 0 Å². The Kier molecular flexibility index (Phi) is 4.87. The molecule has 2 aliphatic heterocycles. The van der Waals surface area contributed by atoms with Gasteiger partial charge in [-0.25, -0.2) is 4.90 Å². The van der Waals surface area contributed by atoms with E-state index in [1.165, 1.54) is 5.56 Å². The van der Waals surface area contributed by atoms with Crippen LogP contribution >= 0.6 is 0 Å². The number of fused-ring (bicyclic) bond motifs is 1. The minimum absolute atomic E-state index is 0.0628. The fraction of sp³-hybridized carbons (Fsp3) is 0.500. The lowest BCUT2D eigenvalue weighted by molar-refractivity contribution is -0.279. The average molecular weight is 382 g/mol. The van der Waals surface area contributed by atoms with Crippen molar-refractivity contribution in [2.45, 2.75) is 63.6 Å². The Bertz CT molecular complexity index is 809. The van der Waals surface area contributed by atoms with Gasteiger partial charge >= 0.3 is 0 Å². The first-order valence-corrected chi connectivity index (χ1v) is 10.2. The Morgan fingerprint density at radius 3 is 2.18 bits per heavy atom. The molecule has 0 bridgehead atoms. The van der Waals surface area contributed by atoms with Crippen molar-refractivity contribution in [2.24, 2.45) is 5.41 Å². The van der Waals surface area contributed by atoms with Gasteiger partial charge < -0.3 is 14.9 Å². The summed E-state index contributed by atoms with van der Waals surface area (Å²) in [6.07, 6.45) is 2.18. The van der Waals surface area contributed by atoms with Gasteiger partial charge in [0.1, 0.15) is 17.6 Å². The fourth-order valence-corrected chi connectivity index (χ4v) is 5.31. The number of nitrogens with zero attached hydrogens (tertiary/aromatic N) is 1. The van der Waals surface area contributed by atoms with E-state index in [9.17, 15) is 10.2 Å². The fourth-order valence-electron chi connectivity index (χ4n) is 5.31. The minimum Gasteiger partial charge on any atom is -0.395 e. The van der Waals surface area contributed by atoms with Gasteiger partial charge in [0.25, 0.3) is 0 Å². The molecule has 2 aliphatic rings. The maximum Gasteiger partial charge on any atom is 0.124 e. The molecule has 4 rings (SSSR count). The van der Waals surface area contributed by atoms with E-state index in [1.54, 1.807) is 0 Å². The molecule has 2 aromatic carbocycles. The van der Waals surface area contributed by atoms with Crippen molar-refractivity contribution in [3.05, 3.63) is 71.8 Å². The quantitative estimate of drug-likeness (QED) is 0.844. The van der Waals surface area contributed by atoms with Crippen molar-refractivity contribution in [3.63, 3.8) is 0 Å². The van der Waals surface area contributed by atoms with Crippen molar-refractivity contribution in [3.8, 4) is 0 Å². The van der Waals surface area contributed by atoms with Gasteiger partial charge in [0.15, 0.2) is 0 Å². The van der Waals surface area contributed by atoms with Gasteiger partial charge in [0, 0.05) is 5.41 Å². The molecule has 0 radical (unpaired) electrons. The minimum atomic E-state index is -1.12. The third kappa shape index (κ3) is 3.00. The highest BCUT2D eigenvalue weighted by molar-refractivity contribution is 5.24. The maximum atomic E-state index is 11.9. The lowest BCUT2D eigenvalue weighted by Gasteiger charge is -2.58. The summed E-state index contributed by atoms with van der Waals surface area (Å²) < 4.78 is 6.53. The Labute approximate surface area is 167 Å². The van der Waals surface area contributed by atoms with Crippen molar-refractivity contribution in [1.29, 1.82) is 0 Å². The highest BCUT2D eigenvalue weighted by Gasteiger charge is 2.64. The van der Waals surface area contributed by atoms with Crippen LogP contribution < -0.4 is 0 Å². The third-order valence-electron chi connectivity index (χ3n) is 7.08. The molecule has 4 heteroatoms. The number of rotatable bonds is 4. The first kappa shape index (κ1) is 19.6. The zero-order chi connectivity index (χ0) is 20.0. The molecule has 2 aromatic rings. The van der Waals surface area contributed by atoms with Gasteiger partial charge in [-0.1, -0.05) is 67.6 Å². The lowest BCUT2D eigenvalue weighted by atomic mass is 9.66. The molecule has 0 saturated carbocycles. The number of piperidine rings is 1. The molecular formula is C24H31NO3. The van der Waals surface area contributed by atoms with E-state index in [0.717, 1.165) is 24.8 Å². The number of aliphatic hydroxyl groups excluding tert-OH is 1. The van der Waals surface area contributed by atoms with Crippen molar-refractivity contribution >= 4 is 0 Å². The molecule has 2 N–H and O–H groups in total. The van der Waals surface area contributed by atoms with E-state index < -0.39 is 11.4 Å². The summed E-state index contributed by atoms with van der Waals surface area (Å²) >= 11 is 0. The third-order valence-corrected chi connectivity index (χ3v) is 7.08. The van der Waals surface area contributed by atoms with Gasteiger partial charge in [-0.05, 0) is 44.2 Å². The van der Waals surface area contributed by atoms with Gasteiger partial charge in [-0.3, -0.25) is 0 Å². The molecule has 0 aromatic heterocycles. The second kappa shape index (κ2) is 6.96. The Morgan fingerprint density at radius 1 is 0.964 bits per heavy atom. The van der Waals surface area contributed by atoms with Crippen LogP contribution in [0.15, 0.2) is 60.7 Å². The molecule has 0 aliphatic carbocycles. The monoisotopic (exact) mass is 381 g/mol. The summed E-state index contributed by atoms with van der Waals surface area (Å²) in [7, 11) is 0. The van der Waals surface area contributed by atoms with Crippen LogP contribution in [0.5, 0.6) is 0 Å². The van der Waals surface area contributed by atoms with Gasteiger partial charge in [-0.15, -0.1) is 0 Å². The largest absolute Gasteiger partial charge is 0.395 e. The molecule has 4 nitrogen and oxygen atoms in total. The topological polar surface area (TPSA) is 52.9 Å². The number of hydrogen-bond donors (Lipinski definition) is 2. The van der Waals surface area contributed by atoms with Crippen LogP contribution in [0, 0.1) is 5.41 Å². The smallest absolute Gasteiger partial charge is 0.124 e. The van der Waals surface area contributed by atoms with Crippen LogP contribution in [-0.4, -0.2) is 39.2 Å². The van der Waals surface area contributed by atoms with Crippen LogP contribution in [0.2, 0.25) is 0 Å². The number of ether oxygens (including phenoxy) is 1. The van der Waals surface area contributed by atoms with E-state index >= 15 is 0 Å². The predicted molar refractivity (Wildman–Crippen MR) is 109 cm³/mol. The molecule has 0 spiro atoms. The summed E-state index contributed by atoms with van der Waals surface area (Å²) in [4.78, 5) is 2.05. The summed E-state index contributed by atoms with van der Waals surface area (Å²) in [5.41, 5.74) is 0.184. The van der Waals surface area contributed by atoms with Gasteiger partial charge in [-0.2, -0.15) is 0 Å². The maximum absolute atomic E-state index is 11.9. The zero-order valence-corrected chi connectivity index (χ0v) is 17.0. The molecule has 150 valence electrons. The van der Waals surface area contributed by atoms with Crippen LogP contribution in [-0.2, 0) is 11.2 Å². The van der Waals surface area contributed by atoms with Crippen LogP contribution in [0.3, 0.4) is 0 Å². The zero-order valence-electron chi connectivity index (χ0n) is 17.0. The van der Waals surface area contributed by atoms with E-state index in [0.29, 0.717) is 0 Å². The molecule has 2 saturated heterocycles. The highest BCUT2D eigenvalue weighted by atomic mass is 16.6. The average Bonchev–Trinajstić information content (AvgIpc) is 3.01. The first-order chi connectivity index (χ1) is 13.3. The van der Waals surface area contributed by atoms with E-state index in [2.05, 4.69) is 26.0 Å². The number of hydrogen-bond acceptors (Lipinski definition) is 4. The first-order valence-electron chi connectivity index (χ1n) is 10.2. The van der Waals surface area contributed by atoms with Crippen molar-refractivity contribution < 1.29 is 14.9 Å². The lowest BCUT2D eigenvalue weighted by Crippen LogP contribution is -2.69. The van der Waals surface area contributed by atoms with E-state index in [1.807, 2.05) is 60.4 Å². The predicted octanol–water partition coefficient (Wildman–Crippen LogP) is 3.89. The molecule has 28 heavy (non-hydrogen) atoms. The SMILES string of the molecule is CC1(O)N2[C@@H](CO)[C@H](c3ccccc3)O[C@]2(C)CC[C@]1(C)Cc1ccccc1. The summed E-state index contributed by atoms with van der Waals surface area (Å²) in [6.45, 7) is 6.04. The molecule has 1 unspecified atom stereocenters. The summed E-state index contributed by atoms with van der Waals surface area (Å²) in [6, 6.07) is 20.1. The second-order valence-electron chi connectivity index (χ2n) is 8.99. The summed E-state index contributed by atoms with van der Waals surface area (Å²) in [5, 5.41) is 22.2. The van der Waals surface area contributed by atoms with Crippen LogP contribution in [0.1, 0.15) is 50.8 Å². The molecule has 2 fully saturated rings. The van der Waals surface area contributed by atoms with Crippen molar-refractivity contribution in [1.82, 2.24) is 4.90 Å². The van der Waals surface area contributed by atoms with Gasteiger partial charge in [0.2, 0.25) is 0 Å². The number of aliphatic hydroxyl groups is 2. The second-order valence-corrected chi connectivity index (χ2v) is 8.99.